The van der Waals surface area contributed by atoms with E-state index in [2.05, 4.69) is 23.6 Å². The lowest BCUT2D eigenvalue weighted by Gasteiger charge is -2.43. The third-order valence-electron chi connectivity index (χ3n) is 5.91. The number of carbonyl (C=O) groups is 2. The third-order valence-corrected chi connectivity index (χ3v) is 6.16. The molecule has 2 N–H and O–H groups in total. The monoisotopic (exact) mass is 452 g/mol. The first-order valence-corrected chi connectivity index (χ1v) is 11.2. The average molecular weight is 453 g/mol. The van der Waals surface area contributed by atoms with Gasteiger partial charge in [-0.15, -0.1) is 0 Å². The summed E-state index contributed by atoms with van der Waals surface area (Å²) in [4.78, 5) is 31.2. The largest absolute Gasteiger partial charge is 0.490 e. The summed E-state index contributed by atoms with van der Waals surface area (Å²) < 4.78 is 11.8. The summed E-state index contributed by atoms with van der Waals surface area (Å²) in [6.07, 6.45) is -0.0164. The van der Waals surface area contributed by atoms with E-state index in [1.54, 1.807) is 29.2 Å². The van der Waals surface area contributed by atoms with Gasteiger partial charge in [0.2, 0.25) is 11.8 Å². The number of nitrogens with two attached hydrogens (primary N) is 1. The van der Waals surface area contributed by atoms with Crippen LogP contribution < -0.4 is 10.5 Å². The fraction of sp³-hybridized carbons (Fsp3) is 0.636. The van der Waals surface area contributed by atoms with Crippen LogP contribution in [0, 0.1) is 0 Å². The molecule has 2 aliphatic heterocycles. The number of hydrogen-bond donors (Lipinski definition) is 1. The van der Waals surface area contributed by atoms with Crippen molar-refractivity contribution in [2.75, 3.05) is 59.0 Å². The summed E-state index contributed by atoms with van der Waals surface area (Å²) in [5, 5.41) is 0.610. The molecule has 1 unspecified atom stereocenters. The van der Waals surface area contributed by atoms with E-state index in [-0.39, 0.29) is 25.5 Å². The van der Waals surface area contributed by atoms with Gasteiger partial charge in [0.05, 0.1) is 26.1 Å². The standard InChI is InChI=1S/C22H33ClN4O4/c1-17(2)26-9-7-25(8-10-26)14-21(29)27-11-12-31-22(15-27,13-20(24)28)16-30-19-5-3-18(23)4-6-19/h3-6,17H,7-16H2,1-2H3,(H2,24,28). The molecule has 0 aromatic heterocycles. The Bertz CT molecular complexity index is 752. The van der Waals surface area contributed by atoms with Crippen molar-refractivity contribution in [3.63, 3.8) is 0 Å². The average Bonchev–Trinajstić information content (AvgIpc) is 2.73. The van der Waals surface area contributed by atoms with E-state index < -0.39 is 11.5 Å². The molecule has 2 saturated heterocycles. The summed E-state index contributed by atoms with van der Waals surface area (Å²) in [5.74, 6) is 0.170. The van der Waals surface area contributed by atoms with Crippen LogP contribution in [0.3, 0.4) is 0 Å². The van der Waals surface area contributed by atoms with E-state index >= 15 is 0 Å². The molecular formula is C22H33ClN4O4. The molecule has 0 radical (unpaired) electrons. The molecule has 2 aliphatic rings. The van der Waals surface area contributed by atoms with Crippen LogP contribution in [0.2, 0.25) is 5.02 Å². The second kappa shape index (κ2) is 10.6. The number of carbonyl (C=O) groups excluding carboxylic acids is 2. The molecule has 2 amide bonds. The fourth-order valence-electron chi connectivity index (χ4n) is 4.10. The van der Waals surface area contributed by atoms with Gasteiger partial charge < -0.3 is 20.1 Å². The lowest BCUT2D eigenvalue weighted by molar-refractivity contribution is -0.162. The van der Waals surface area contributed by atoms with Crippen LogP contribution in [0.25, 0.3) is 0 Å². The van der Waals surface area contributed by atoms with Gasteiger partial charge in [0.25, 0.3) is 0 Å². The Morgan fingerprint density at radius 2 is 1.84 bits per heavy atom. The van der Waals surface area contributed by atoms with Crippen molar-refractivity contribution in [1.29, 1.82) is 0 Å². The van der Waals surface area contributed by atoms with E-state index in [1.165, 1.54) is 0 Å². The Labute approximate surface area is 189 Å². The second-order valence-electron chi connectivity index (χ2n) is 8.64. The van der Waals surface area contributed by atoms with E-state index in [9.17, 15) is 9.59 Å². The van der Waals surface area contributed by atoms with Gasteiger partial charge in [-0.05, 0) is 38.1 Å². The molecule has 2 fully saturated rings. The number of hydrogen-bond acceptors (Lipinski definition) is 6. The van der Waals surface area contributed by atoms with Crippen LogP contribution in [0.15, 0.2) is 24.3 Å². The summed E-state index contributed by atoms with van der Waals surface area (Å²) in [6, 6.07) is 7.49. The van der Waals surface area contributed by atoms with Crippen molar-refractivity contribution < 1.29 is 19.1 Å². The maximum absolute atomic E-state index is 13.0. The molecule has 8 nitrogen and oxygen atoms in total. The van der Waals surface area contributed by atoms with Crippen LogP contribution in [-0.4, -0.2) is 97.2 Å². The van der Waals surface area contributed by atoms with Crippen molar-refractivity contribution in [3.8, 4) is 5.75 Å². The molecule has 31 heavy (non-hydrogen) atoms. The van der Waals surface area contributed by atoms with Crippen LogP contribution in [0.5, 0.6) is 5.75 Å². The number of primary amides is 1. The Balaban J connectivity index is 1.59. The number of nitrogens with zero attached hydrogens (tertiary/aromatic N) is 3. The van der Waals surface area contributed by atoms with E-state index in [4.69, 9.17) is 26.8 Å². The maximum atomic E-state index is 13.0. The van der Waals surface area contributed by atoms with Crippen molar-refractivity contribution in [2.45, 2.75) is 31.9 Å². The van der Waals surface area contributed by atoms with Crippen molar-refractivity contribution in [1.82, 2.24) is 14.7 Å². The van der Waals surface area contributed by atoms with Crippen LogP contribution in [0.4, 0.5) is 0 Å². The topological polar surface area (TPSA) is 88.3 Å². The first kappa shape index (κ1) is 23.8. The van der Waals surface area contributed by atoms with Crippen LogP contribution >= 0.6 is 11.6 Å². The molecule has 0 aliphatic carbocycles. The zero-order valence-electron chi connectivity index (χ0n) is 18.4. The molecule has 172 valence electrons. The lowest BCUT2D eigenvalue weighted by Crippen LogP contribution is -2.59. The van der Waals surface area contributed by atoms with Gasteiger partial charge in [0, 0.05) is 43.8 Å². The highest BCUT2D eigenvalue weighted by atomic mass is 35.5. The molecule has 2 heterocycles. The number of rotatable bonds is 8. The summed E-state index contributed by atoms with van der Waals surface area (Å²) in [5.41, 5.74) is 4.53. The number of benzene rings is 1. The molecule has 0 bridgehead atoms. The third kappa shape index (κ3) is 6.80. The van der Waals surface area contributed by atoms with E-state index in [1.807, 2.05) is 0 Å². The number of piperazine rings is 1. The smallest absolute Gasteiger partial charge is 0.236 e. The zero-order valence-corrected chi connectivity index (χ0v) is 19.1. The van der Waals surface area contributed by atoms with Gasteiger partial charge in [-0.3, -0.25) is 19.4 Å². The molecule has 1 aromatic rings. The minimum Gasteiger partial charge on any atom is -0.490 e. The molecular weight excluding hydrogens is 420 g/mol. The van der Waals surface area contributed by atoms with Crippen molar-refractivity contribution in [3.05, 3.63) is 29.3 Å². The zero-order chi connectivity index (χ0) is 22.4. The molecule has 0 saturated carbocycles. The van der Waals surface area contributed by atoms with Gasteiger partial charge in [-0.1, -0.05) is 11.6 Å². The quantitative estimate of drug-likeness (QED) is 0.638. The highest BCUT2D eigenvalue weighted by Gasteiger charge is 2.41. The normalized spacial score (nSPS) is 23.2. The highest BCUT2D eigenvalue weighted by molar-refractivity contribution is 6.30. The van der Waals surface area contributed by atoms with Gasteiger partial charge in [0.15, 0.2) is 0 Å². The van der Waals surface area contributed by atoms with E-state index in [0.717, 1.165) is 26.2 Å². The van der Waals surface area contributed by atoms with Gasteiger partial charge >= 0.3 is 0 Å². The molecule has 3 rings (SSSR count). The maximum Gasteiger partial charge on any atom is 0.236 e. The minimum atomic E-state index is -0.963. The molecule has 9 heteroatoms. The summed E-state index contributed by atoms with van der Waals surface area (Å²) in [6.45, 7) is 9.66. The van der Waals surface area contributed by atoms with Gasteiger partial charge in [-0.2, -0.15) is 0 Å². The summed E-state index contributed by atoms with van der Waals surface area (Å²) >= 11 is 5.92. The van der Waals surface area contributed by atoms with Crippen LogP contribution in [0.1, 0.15) is 20.3 Å². The first-order chi connectivity index (χ1) is 14.8. The van der Waals surface area contributed by atoms with Crippen molar-refractivity contribution in [2.24, 2.45) is 5.73 Å². The fourth-order valence-corrected chi connectivity index (χ4v) is 4.22. The highest BCUT2D eigenvalue weighted by Crippen LogP contribution is 2.25. The van der Waals surface area contributed by atoms with Crippen molar-refractivity contribution >= 4 is 23.4 Å². The first-order valence-electron chi connectivity index (χ1n) is 10.8. The second-order valence-corrected chi connectivity index (χ2v) is 9.07. The molecule has 1 atom stereocenters. The SMILES string of the molecule is CC(C)N1CCN(CC(=O)N2CCOC(COc3ccc(Cl)cc3)(CC(N)=O)C2)CC1. The van der Waals surface area contributed by atoms with Crippen LogP contribution in [-0.2, 0) is 14.3 Å². The molecule has 0 spiro atoms. The van der Waals surface area contributed by atoms with E-state index in [0.29, 0.717) is 36.5 Å². The number of ether oxygens (including phenoxy) is 2. The predicted octanol–water partition coefficient (Wildman–Crippen LogP) is 1.22. The number of morpholine rings is 1. The lowest BCUT2D eigenvalue weighted by atomic mass is 9.97. The predicted molar refractivity (Wildman–Crippen MR) is 119 cm³/mol. The summed E-state index contributed by atoms with van der Waals surface area (Å²) in [7, 11) is 0. The minimum absolute atomic E-state index is 0.0164. The number of halogens is 1. The molecule has 1 aromatic carbocycles. The Morgan fingerprint density at radius 3 is 2.45 bits per heavy atom. The Kier molecular flexibility index (Phi) is 8.16. The van der Waals surface area contributed by atoms with Gasteiger partial charge in [-0.25, -0.2) is 0 Å². The Morgan fingerprint density at radius 1 is 1.16 bits per heavy atom. The Hall–Kier alpha value is -1.87. The number of amides is 2. The van der Waals surface area contributed by atoms with Gasteiger partial charge in [0.1, 0.15) is 18.0 Å².